The molecule has 0 fully saturated rings. The third kappa shape index (κ3) is 5.84. The summed E-state index contributed by atoms with van der Waals surface area (Å²) in [6, 6.07) is 3.67. The van der Waals surface area contributed by atoms with Gasteiger partial charge in [0.25, 0.3) is 11.5 Å². The van der Waals surface area contributed by atoms with Crippen LogP contribution in [0.5, 0.6) is 0 Å². The number of hydrogen-bond donors (Lipinski definition) is 2. The Kier molecular flexibility index (Phi) is 8.60. The number of aliphatic hydroxyl groups is 1. The first-order valence-corrected chi connectivity index (χ1v) is 10.4. The van der Waals surface area contributed by atoms with Gasteiger partial charge in [-0.3, -0.25) is 19.1 Å². The second kappa shape index (κ2) is 10.9. The highest BCUT2D eigenvalue weighted by Crippen LogP contribution is 2.28. The summed E-state index contributed by atoms with van der Waals surface area (Å²) in [5.41, 5.74) is 5.28. The van der Waals surface area contributed by atoms with Crippen LogP contribution in [0.3, 0.4) is 0 Å². The molecule has 0 saturated carbocycles. The van der Waals surface area contributed by atoms with Crippen molar-refractivity contribution in [3.8, 4) is 0 Å². The number of rotatable bonds is 5. The molecule has 3 heterocycles. The number of thiophene rings is 1. The number of carbonyl (C=O) groups excluding carboxylic acids is 1. The monoisotopic (exact) mass is 466 g/mol. The average molecular weight is 467 g/mol. The number of halogens is 1. The fourth-order valence-corrected chi connectivity index (χ4v) is 3.76. The van der Waals surface area contributed by atoms with E-state index in [9.17, 15) is 14.7 Å². The summed E-state index contributed by atoms with van der Waals surface area (Å²) in [6.45, 7) is 3.64. The summed E-state index contributed by atoms with van der Waals surface area (Å²) >= 11 is 7.10. The van der Waals surface area contributed by atoms with Gasteiger partial charge in [-0.15, -0.1) is 16.5 Å². The van der Waals surface area contributed by atoms with E-state index in [4.69, 9.17) is 21.8 Å². The second-order valence-corrected chi connectivity index (χ2v) is 8.03. The Hall–Kier alpha value is -2.89. The first-order chi connectivity index (χ1) is 14.7. The summed E-state index contributed by atoms with van der Waals surface area (Å²) in [6.07, 6.45) is 1.71. The van der Waals surface area contributed by atoms with Gasteiger partial charge < -0.3 is 15.3 Å². The minimum atomic E-state index is -0.743. The zero-order chi connectivity index (χ0) is 23.1. The van der Waals surface area contributed by atoms with Crippen LogP contribution in [-0.4, -0.2) is 40.5 Å². The van der Waals surface area contributed by atoms with Gasteiger partial charge >= 0.3 is 0 Å². The zero-order valence-corrected chi connectivity index (χ0v) is 19.1. The second-order valence-electron chi connectivity index (χ2n) is 6.28. The van der Waals surface area contributed by atoms with Gasteiger partial charge in [-0.25, -0.2) is 4.98 Å². The number of nitrogens with zero attached hydrogens (tertiary/aromatic N) is 5. The SMILES string of the molecule is CC[C@H](O)c1ccc(Cl)s1.CN=NC(Cn1cnc2oc(C(N)=O)c(C)c2c1=O)=NC. The molecule has 166 valence electrons. The number of amides is 1. The van der Waals surface area contributed by atoms with Gasteiger partial charge in [0, 0.05) is 24.5 Å². The van der Waals surface area contributed by atoms with Crippen molar-refractivity contribution in [2.75, 3.05) is 14.1 Å². The minimum Gasteiger partial charge on any atom is -0.432 e. The molecule has 3 N–H and O–H groups in total. The first-order valence-electron chi connectivity index (χ1n) is 9.20. The highest BCUT2D eigenvalue weighted by Gasteiger charge is 2.19. The molecular formula is C19H23ClN6O4S. The Morgan fingerprint density at radius 2 is 2.13 bits per heavy atom. The van der Waals surface area contributed by atoms with E-state index in [1.807, 2.05) is 13.0 Å². The lowest BCUT2D eigenvalue weighted by Gasteiger charge is -2.03. The number of hydrogen-bond acceptors (Lipinski definition) is 8. The standard InChI is InChI=1S/C12H14N6O3.C7H9ClOS/c1-6-8-11(21-9(6)10(13)19)16-5-18(12(8)20)4-7(14-2)17-15-3;1-2-5(9)6-3-4-7(8)10-6/h5H,4H2,1-3H3,(H2,13,19);3-5,9H,2H2,1H3/t;5-/m.0/s1. The minimum absolute atomic E-state index is 0.0648. The quantitative estimate of drug-likeness (QED) is 0.336. The van der Waals surface area contributed by atoms with Crippen LogP contribution in [0.1, 0.15) is 40.4 Å². The molecule has 1 atom stereocenters. The van der Waals surface area contributed by atoms with Crippen LogP contribution < -0.4 is 11.3 Å². The topological polar surface area (TPSA) is 148 Å². The van der Waals surface area contributed by atoms with Crippen LogP contribution in [0.2, 0.25) is 4.34 Å². The molecule has 0 aliphatic rings. The fraction of sp³-hybridized carbons (Fsp3) is 0.368. The number of primary amides is 1. The van der Waals surface area contributed by atoms with Crippen molar-refractivity contribution < 1.29 is 14.3 Å². The van der Waals surface area contributed by atoms with Crippen LogP contribution in [-0.2, 0) is 6.54 Å². The van der Waals surface area contributed by atoms with Crippen molar-refractivity contribution in [1.82, 2.24) is 9.55 Å². The van der Waals surface area contributed by atoms with Crippen molar-refractivity contribution in [3.05, 3.63) is 49.4 Å². The van der Waals surface area contributed by atoms with Crippen LogP contribution in [0.15, 0.2) is 42.9 Å². The number of aryl methyl sites for hydroxylation is 1. The fourth-order valence-electron chi connectivity index (χ4n) is 2.63. The van der Waals surface area contributed by atoms with Gasteiger partial charge in [-0.1, -0.05) is 18.5 Å². The number of aliphatic hydroxyl groups excluding tert-OH is 1. The van der Waals surface area contributed by atoms with Gasteiger partial charge in [0.1, 0.15) is 11.7 Å². The van der Waals surface area contributed by atoms with E-state index in [0.717, 1.165) is 15.6 Å². The molecule has 3 aromatic heterocycles. The van der Waals surface area contributed by atoms with Crippen LogP contribution in [0.4, 0.5) is 0 Å². The summed E-state index contributed by atoms with van der Waals surface area (Å²) in [5.74, 6) is -0.436. The van der Waals surface area contributed by atoms with E-state index >= 15 is 0 Å². The molecular weight excluding hydrogens is 444 g/mol. The first kappa shape index (κ1) is 24.4. The Morgan fingerprint density at radius 3 is 2.65 bits per heavy atom. The van der Waals surface area contributed by atoms with Crippen molar-refractivity contribution in [2.45, 2.75) is 32.9 Å². The Bertz CT molecular complexity index is 1180. The lowest BCUT2D eigenvalue weighted by molar-refractivity contribution is 0.0975. The maximum absolute atomic E-state index is 12.4. The van der Waals surface area contributed by atoms with E-state index in [1.165, 1.54) is 29.3 Å². The summed E-state index contributed by atoms with van der Waals surface area (Å²) < 4.78 is 7.25. The van der Waals surface area contributed by atoms with Crippen molar-refractivity contribution in [2.24, 2.45) is 21.0 Å². The molecule has 3 aromatic rings. The molecule has 0 radical (unpaired) electrons. The predicted molar refractivity (Wildman–Crippen MR) is 120 cm³/mol. The van der Waals surface area contributed by atoms with E-state index < -0.39 is 5.91 Å². The van der Waals surface area contributed by atoms with Crippen molar-refractivity contribution in [1.29, 1.82) is 0 Å². The predicted octanol–water partition coefficient (Wildman–Crippen LogP) is 3.35. The van der Waals surface area contributed by atoms with Gasteiger partial charge in [-0.2, -0.15) is 5.11 Å². The van der Waals surface area contributed by atoms with Gasteiger partial charge in [0.2, 0.25) is 5.71 Å². The third-order valence-electron chi connectivity index (χ3n) is 4.24. The molecule has 12 heteroatoms. The van der Waals surface area contributed by atoms with Crippen LogP contribution in [0, 0.1) is 6.92 Å². The highest BCUT2D eigenvalue weighted by molar-refractivity contribution is 7.16. The summed E-state index contributed by atoms with van der Waals surface area (Å²) in [7, 11) is 3.06. The average Bonchev–Trinajstić information content (AvgIpc) is 3.33. The van der Waals surface area contributed by atoms with E-state index in [-0.39, 0.29) is 35.1 Å². The van der Waals surface area contributed by atoms with Crippen molar-refractivity contribution >= 4 is 45.8 Å². The molecule has 1 amide bonds. The van der Waals surface area contributed by atoms with E-state index in [0.29, 0.717) is 11.4 Å². The molecule has 0 aliphatic carbocycles. The zero-order valence-electron chi connectivity index (χ0n) is 17.5. The molecule has 0 saturated heterocycles. The Balaban J connectivity index is 0.000000285. The van der Waals surface area contributed by atoms with Crippen LogP contribution >= 0.6 is 22.9 Å². The van der Waals surface area contributed by atoms with Crippen LogP contribution in [0.25, 0.3) is 11.1 Å². The van der Waals surface area contributed by atoms with Gasteiger partial charge in [-0.05, 0) is 25.5 Å². The summed E-state index contributed by atoms with van der Waals surface area (Å²) in [5, 5.41) is 16.9. The number of azo groups is 1. The molecule has 10 nitrogen and oxygen atoms in total. The molecule has 0 aliphatic heterocycles. The van der Waals surface area contributed by atoms with E-state index in [2.05, 4.69) is 20.2 Å². The molecule has 0 aromatic carbocycles. The number of aromatic nitrogens is 2. The van der Waals surface area contributed by atoms with Crippen molar-refractivity contribution in [3.63, 3.8) is 0 Å². The molecule has 0 unspecified atom stereocenters. The van der Waals surface area contributed by atoms with E-state index in [1.54, 1.807) is 20.0 Å². The third-order valence-corrected chi connectivity index (χ3v) is 5.57. The molecule has 3 rings (SSSR count). The highest BCUT2D eigenvalue weighted by atomic mass is 35.5. The smallest absolute Gasteiger partial charge is 0.284 e. The lowest BCUT2D eigenvalue weighted by Crippen LogP contribution is -2.24. The maximum Gasteiger partial charge on any atom is 0.284 e. The number of fused-ring (bicyclic) bond motifs is 1. The Labute approximate surface area is 187 Å². The number of amidine groups is 1. The molecule has 0 spiro atoms. The van der Waals surface area contributed by atoms with Gasteiger partial charge in [0.05, 0.1) is 17.0 Å². The van der Waals surface area contributed by atoms with Gasteiger partial charge in [0.15, 0.2) is 11.6 Å². The Morgan fingerprint density at radius 1 is 1.42 bits per heavy atom. The largest absolute Gasteiger partial charge is 0.432 e. The number of furan rings is 1. The summed E-state index contributed by atoms with van der Waals surface area (Å²) in [4.78, 5) is 32.6. The normalized spacial score (nSPS) is 12.8. The maximum atomic E-state index is 12.4. The molecule has 31 heavy (non-hydrogen) atoms. The lowest BCUT2D eigenvalue weighted by atomic mass is 10.2. The number of nitrogens with two attached hydrogens (primary N) is 1. The molecule has 0 bridgehead atoms. The number of carbonyl (C=O) groups is 1. The number of aliphatic imine (C=N–C) groups is 1.